The highest BCUT2D eigenvalue weighted by Gasteiger charge is 2.24. The van der Waals surface area contributed by atoms with Gasteiger partial charge in [0.15, 0.2) is 6.29 Å². The van der Waals surface area contributed by atoms with E-state index in [0.29, 0.717) is 31.9 Å². The molecule has 6 nitrogen and oxygen atoms in total. The summed E-state index contributed by atoms with van der Waals surface area (Å²) in [4.78, 5) is 11.8. The molecule has 1 aliphatic rings. The van der Waals surface area contributed by atoms with E-state index in [9.17, 15) is 4.79 Å². The van der Waals surface area contributed by atoms with Gasteiger partial charge in [-0.1, -0.05) is 42.5 Å². The molecule has 0 unspecified atom stereocenters. The van der Waals surface area contributed by atoms with Crippen molar-refractivity contribution in [2.24, 2.45) is 0 Å². The van der Waals surface area contributed by atoms with Gasteiger partial charge < -0.3 is 24.3 Å². The maximum absolute atomic E-state index is 11.8. The molecule has 0 aliphatic carbocycles. The second-order valence-electron chi connectivity index (χ2n) is 7.50. The lowest BCUT2D eigenvalue weighted by Gasteiger charge is -2.30. The van der Waals surface area contributed by atoms with Crippen molar-refractivity contribution < 1.29 is 23.7 Å². The van der Waals surface area contributed by atoms with Crippen molar-refractivity contribution in [2.45, 2.75) is 25.0 Å². The van der Waals surface area contributed by atoms with Crippen molar-refractivity contribution in [2.75, 3.05) is 26.9 Å². The van der Waals surface area contributed by atoms with Crippen LogP contribution in [0, 0.1) is 0 Å². The van der Waals surface area contributed by atoms with E-state index >= 15 is 0 Å². The molecule has 1 amide bonds. The number of para-hydroxylation sites is 1. The van der Waals surface area contributed by atoms with Crippen LogP contribution in [0.1, 0.15) is 24.3 Å². The molecule has 162 valence electrons. The smallest absolute Gasteiger partial charge is 0.412 e. The maximum atomic E-state index is 11.8. The molecule has 0 atom stereocenters. The zero-order valence-corrected chi connectivity index (χ0v) is 17.6. The number of hydrogen-bond donors (Lipinski definition) is 1. The molecule has 1 aliphatic heterocycles. The number of carbonyl (C=O) groups is 1. The minimum absolute atomic E-state index is 0.187. The summed E-state index contributed by atoms with van der Waals surface area (Å²) in [6, 6.07) is 21.4. The summed E-state index contributed by atoms with van der Waals surface area (Å²) in [6.45, 7) is 1.72. The molecule has 0 aromatic heterocycles. The first-order valence-electron chi connectivity index (χ1n) is 10.5. The first-order chi connectivity index (χ1) is 15.2. The number of ether oxygens (including phenoxy) is 4. The van der Waals surface area contributed by atoms with Gasteiger partial charge in [-0.25, -0.2) is 4.79 Å². The van der Waals surface area contributed by atoms with Gasteiger partial charge in [0.05, 0.1) is 20.3 Å². The number of amides is 1. The van der Waals surface area contributed by atoms with Crippen LogP contribution in [-0.2, 0) is 9.47 Å². The van der Waals surface area contributed by atoms with Gasteiger partial charge in [-0.15, -0.1) is 0 Å². The van der Waals surface area contributed by atoms with E-state index in [2.05, 4.69) is 29.6 Å². The summed E-state index contributed by atoms with van der Waals surface area (Å²) >= 11 is 0. The Hall–Kier alpha value is -3.09. The van der Waals surface area contributed by atoms with Crippen molar-refractivity contribution in [3.05, 3.63) is 72.3 Å². The zero-order chi connectivity index (χ0) is 21.5. The predicted molar refractivity (Wildman–Crippen MR) is 119 cm³/mol. The highest BCUT2D eigenvalue weighted by molar-refractivity contribution is 5.87. The third-order valence-corrected chi connectivity index (χ3v) is 5.37. The van der Waals surface area contributed by atoms with Gasteiger partial charge in [-0.3, -0.25) is 0 Å². The van der Waals surface area contributed by atoms with E-state index in [-0.39, 0.29) is 12.2 Å². The summed E-state index contributed by atoms with van der Waals surface area (Å²) < 4.78 is 22.4. The summed E-state index contributed by atoms with van der Waals surface area (Å²) in [7, 11) is 1.68. The lowest BCUT2D eigenvalue weighted by atomic mass is 9.94. The molecule has 3 aromatic rings. The average Bonchev–Trinajstić information content (AvgIpc) is 2.82. The monoisotopic (exact) mass is 421 g/mol. The van der Waals surface area contributed by atoms with E-state index in [1.807, 2.05) is 30.3 Å². The molecular formula is C25H27NO5. The number of nitrogens with one attached hydrogen (secondary N) is 1. The van der Waals surface area contributed by atoms with E-state index in [1.54, 1.807) is 19.2 Å². The van der Waals surface area contributed by atoms with Gasteiger partial charge in [0, 0.05) is 18.9 Å². The summed E-state index contributed by atoms with van der Waals surface area (Å²) in [5, 5.41) is 5.09. The Morgan fingerprint density at radius 3 is 2.58 bits per heavy atom. The Bertz CT molecular complexity index is 999. The quantitative estimate of drug-likeness (QED) is 0.551. The van der Waals surface area contributed by atoms with Crippen LogP contribution < -0.4 is 14.8 Å². The van der Waals surface area contributed by atoms with Gasteiger partial charge in [0.25, 0.3) is 0 Å². The van der Waals surface area contributed by atoms with Crippen LogP contribution in [0.3, 0.4) is 0 Å². The van der Waals surface area contributed by atoms with Crippen molar-refractivity contribution in [3.63, 3.8) is 0 Å². The highest BCUT2D eigenvalue weighted by Crippen LogP contribution is 2.31. The Morgan fingerprint density at radius 1 is 1.00 bits per heavy atom. The Morgan fingerprint density at radius 2 is 1.81 bits per heavy atom. The maximum Gasteiger partial charge on any atom is 0.412 e. The second kappa shape index (κ2) is 10.3. The third kappa shape index (κ3) is 5.54. The summed E-state index contributed by atoms with van der Waals surface area (Å²) in [6.07, 6.45) is 0.751. The summed E-state index contributed by atoms with van der Waals surface area (Å²) in [5.41, 5.74) is 1.23. The van der Waals surface area contributed by atoms with E-state index in [4.69, 9.17) is 18.9 Å². The molecule has 1 N–H and O–H groups in total. The number of carbonyl (C=O) groups excluding carboxylic acids is 1. The third-order valence-electron chi connectivity index (χ3n) is 5.37. The standard InChI is InChI=1S/C25H27NO5/c1-28-21-12-13-23-18(15-21)7-5-10-22(23)19-16-29-24(30-17-19)11-6-14-26-25(27)31-20-8-3-2-4-9-20/h2-5,7-10,12-13,15,19,24H,6,11,14,16-17H2,1H3,(H,26,27)/t19-,24-. The van der Waals surface area contributed by atoms with Crippen LogP contribution >= 0.6 is 0 Å². The lowest BCUT2D eigenvalue weighted by molar-refractivity contribution is -0.189. The van der Waals surface area contributed by atoms with Crippen LogP contribution in [-0.4, -0.2) is 39.3 Å². The molecule has 0 saturated carbocycles. The molecule has 1 heterocycles. The highest BCUT2D eigenvalue weighted by atomic mass is 16.7. The molecule has 31 heavy (non-hydrogen) atoms. The fourth-order valence-corrected chi connectivity index (χ4v) is 3.75. The molecule has 1 fully saturated rings. The van der Waals surface area contributed by atoms with Gasteiger partial charge in [0.2, 0.25) is 0 Å². The first-order valence-corrected chi connectivity index (χ1v) is 10.5. The van der Waals surface area contributed by atoms with Crippen LogP contribution in [0.25, 0.3) is 10.8 Å². The first kappa shape index (κ1) is 21.2. The van der Waals surface area contributed by atoms with Gasteiger partial charge in [0.1, 0.15) is 11.5 Å². The van der Waals surface area contributed by atoms with Crippen molar-refractivity contribution in [1.82, 2.24) is 5.32 Å². The van der Waals surface area contributed by atoms with Crippen molar-refractivity contribution in [1.29, 1.82) is 0 Å². The molecular weight excluding hydrogens is 394 g/mol. The topological polar surface area (TPSA) is 66.0 Å². The molecule has 0 radical (unpaired) electrons. The van der Waals surface area contributed by atoms with Crippen LogP contribution in [0.5, 0.6) is 11.5 Å². The molecule has 0 spiro atoms. The van der Waals surface area contributed by atoms with Crippen molar-refractivity contribution in [3.8, 4) is 11.5 Å². The van der Waals surface area contributed by atoms with E-state index < -0.39 is 6.09 Å². The Kier molecular flexibility index (Phi) is 7.02. The number of rotatable bonds is 7. The molecule has 3 aromatic carbocycles. The fraction of sp³-hybridized carbons (Fsp3) is 0.320. The van der Waals surface area contributed by atoms with Gasteiger partial charge in [-0.2, -0.15) is 0 Å². The lowest BCUT2D eigenvalue weighted by Crippen LogP contribution is -2.32. The molecule has 6 heteroatoms. The van der Waals surface area contributed by atoms with Gasteiger partial charge in [-0.05, 0) is 47.0 Å². The largest absolute Gasteiger partial charge is 0.497 e. The molecule has 1 saturated heterocycles. The normalized spacial score (nSPS) is 18.5. The van der Waals surface area contributed by atoms with E-state index in [1.165, 1.54) is 10.9 Å². The van der Waals surface area contributed by atoms with Crippen molar-refractivity contribution >= 4 is 16.9 Å². The Balaban J connectivity index is 1.21. The predicted octanol–water partition coefficient (Wildman–Crippen LogP) is 4.87. The van der Waals surface area contributed by atoms with Crippen LogP contribution in [0.4, 0.5) is 4.79 Å². The second-order valence-corrected chi connectivity index (χ2v) is 7.50. The SMILES string of the molecule is COc1ccc2c(cccc2[C@H]2CO[C@H](CCCNC(=O)Oc3ccccc3)OC2)c1. The number of hydrogen-bond acceptors (Lipinski definition) is 5. The minimum atomic E-state index is -0.454. The molecule has 0 bridgehead atoms. The van der Waals surface area contributed by atoms with Gasteiger partial charge >= 0.3 is 6.09 Å². The Labute approximate surface area is 182 Å². The number of fused-ring (bicyclic) bond motifs is 1. The summed E-state index contributed by atoms with van der Waals surface area (Å²) in [5.74, 6) is 1.56. The number of benzene rings is 3. The zero-order valence-electron chi connectivity index (χ0n) is 17.6. The average molecular weight is 421 g/mol. The molecule has 4 rings (SSSR count). The van der Waals surface area contributed by atoms with Crippen LogP contribution in [0.2, 0.25) is 0 Å². The number of methoxy groups -OCH3 is 1. The fourth-order valence-electron chi connectivity index (χ4n) is 3.75. The van der Waals surface area contributed by atoms with E-state index in [0.717, 1.165) is 17.6 Å². The minimum Gasteiger partial charge on any atom is -0.497 e. The van der Waals surface area contributed by atoms with Crippen LogP contribution in [0.15, 0.2) is 66.7 Å².